The number of nitrogens with one attached hydrogen (secondary N) is 1. The molecule has 0 atom stereocenters. The van der Waals surface area contributed by atoms with E-state index in [0.29, 0.717) is 0 Å². The van der Waals surface area contributed by atoms with Crippen LogP contribution in [0.15, 0.2) is 12.3 Å². The minimum absolute atomic E-state index is 0.0432. The molecular weight excluding hydrogens is 228 g/mol. The van der Waals surface area contributed by atoms with Crippen LogP contribution in [0, 0.1) is 6.92 Å². The van der Waals surface area contributed by atoms with E-state index < -0.39 is 0 Å². The van der Waals surface area contributed by atoms with Gasteiger partial charge in [0.2, 0.25) is 5.91 Å². The second kappa shape index (κ2) is 5.25. The Morgan fingerprint density at radius 1 is 1.50 bits per heavy atom. The summed E-state index contributed by atoms with van der Waals surface area (Å²) in [7, 11) is 0. The Morgan fingerprint density at radius 2 is 2.17 bits per heavy atom. The summed E-state index contributed by atoms with van der Waals surface area (Å²) in [5.74, 6) is 0.915. The second-order valence-electron chi connectivity index (χ2n) is 4.83. The number of nitrogen functional groups attached to an aromatic ring is 1. The highest BCUT2D eigenvalue weighted by Gasteiger charge is 2.22. The Balaban J connectivity index is 2.01. The van der Waals surface area contributed by atoms with Crippen LogP contribution in [0.25, 0.3) is 0 Å². The topological polar surface area (TPSA) is 71.2 Å². The lowest BCUT2D eigenvalue weighted by atomic mass is 10.0. The summed E-state index contributed by atoms with van der Waals surface area (Å²) in [6, 6.07) is 2.20. The summed E-state index contributed by atoms with van der Waals surface area (Å²) in [4.78, 5) is 17.6. The summed E-state index contributed by atoms with van der Waals surface area (Å²) < 4.78 is 0. The number of carbonyl (C=O) groups excluding carboxylic acids is 1. The number of aromatic nitrogens is 1. The van der Waals surface area contributed by atoms with Crippen molar-refractivity contribution >= 4 is 17.4 Å². The van der Waals surface area contributed by atoms with E-state index in [4.69, 9.17) is 5.73 Å². The smallest absolute Gasteiger partial charge is 0.217 e. The van der Waals surface area contributed by atoms with Crippen LogP contribution in [0.5, 0.6) is 0 Å². The van der Waals surface area contributed by atoms with E-state index in [-0.39, 0.29) is 11.9 Å². The van der Waals surface area contributed by atoms with Gasteiger partial charge in [0.1, 0.15) is 0 Å². The van der Waals surface area contributed by atoms with Gasteiger partial charge in [-0.05, 0) is 31.4 Å². The third-order valence-electron chi connectivity index (χ3n) is 3.39. The number of pyridine rings is 1. The molecule has 0 spiro atoms. The molecule has 3 N–H and O–H groups in total. The lowest BCUT2D eigenvalue weighted by molar-refractivity contribution is -0.119. The fraction of sp³-hybridized carbons (Fsp3) is 0.538. The van der Waals surface area contributed by atoms with Crippen LogP contribution in [-0.4, -0.2) is 30.0 Å². The Labute approximate surface area is 107 Å². The molecule has 5 nitrogen and oxygen atoms in total. The zero-order chi connectivity index (χ0) is 13.1. The summed E-state index contributed by atoms with van der Waals surface area (Å²) in [5, 5.41) is 2.96. The molecule has 0 aromatic carbocycles. The van der Waals surface area contributed by atoms with Crippen molar-refractivity contribution in [3.05, 3.63) is 17.8 Å². The first-order valence-electron chi connectivity index (χ1n) is 6.31. The molecule has 1 aromatic heterocycles. The van der Waals surface area contributed by atoms with Gasteiger partial charge in [-0.25, -0.2) is 4.98 Å². The van der Waals surface area contributed by atoms with Gasteiger partial charge < -0.3 is 16.0 Å². The fourth-order valence-electron chi connectivity index (χ4n) is 2.33. The van der Waals surface area contributed by atoms with Gasteiger partial charge in [-0.15, -0.1) is 0 Å². The van der Waals surface area contributed by atoms with Crippen molar-refractivity contribution in [2.24, 2.45) is 0 Å². The van der Waals surface area contributed by atoms with Crippen LogP contribution in [0.4, 0.5) is 11.5 Å². The van der Waals surface area contributed by atoms with Crippen molar-refractivity contribution in [2.75, 3.05) is 23.7 Å². The highest BCUT2D eigenvalue weighted by atomic mass is 16.1. The molecule has 0 bridgehead atoms. The number of amides is 1. The minimum Gasteiger partial charge on any atom is -0.396 e. The van der Waals surface area contributed by atoms with Gasteiger partial charge in [0.05, 0.1) is 5.69 Å². The van der Waals surface area contributed by atoms with Crippen LogP contribution < -0.4 is 16.0 Å². The maximum atomic E-state index is 11.0. The third-order valence-corrected chi connectivity index (χ3v) is 3.39. The molecule has 98 valence electrons. The molecule has 0 radical (unpaired) electrons. The number of carbonyl (C=O) groups is 1. The number of piperidine rings is 1. The lowest BCUT2D eigenvalue weighted by Crippen LogP contribution is -2.44. The van der Waals surface area contributed by atoms with Crippen molar-refractivity contribution < 1.29 is 4.79 Å². The van der Waals surface area contributed by atoms with Gasteiger partial charge >= 0.3 is 0 Å². The van der Waals surface area contributed by atoms with Crippen LogP contribution >= 0.6 is 0 Å². The number of nitrogens with two attached hydrogens (primary N) is 1. The largest absolute Gasteiger partial charge is 0.396 e. The molecule has 1 aliphatic heterocycles. The number of aryl methyl sites for hydroxylation is 1. The van der Waals surface area contributed by atoms with Gasteiger partial charge in [0, 0.05) is 32.3 Å². The number of nitrogens with zero attached hydrogens (tertiary/aromatic N) is 2. The van der Waals surface area contributed by atoms with Crippen LogP contribution in [0.3, 0.4) is 0 Å². The van der Waals surface area contributed by atoms with Crippen LogP contribution in [0.1, 0.15) is 25.3 Å². The van der Waals surface area contributed by atoms with Gasteiger partial charge in [0.15, 0.2) is 5.82 Å². The Hall–Kier alpha value is -1.78. The molecule has 5 heteroatoms. The number of rotatable bonds is 2. The van der Waals surface area contributed by atoms with Crippen LogP contribution in [-0.2, 0) is 4.79 Å². The normalized spacial score (nSPS) is 16.7. The molecule has 0 aliphatic carbocycles. The van der Waals surface area contributed by atoms with E-state index in [1.807, 2.05) is 13.0 Å². The molecule has 1 saturated heterocycles. The fourth-order valence-corrected chi connectivity index (χ4v) is 2.33. The Morgan fingerprint density at radius 3 is 2.78 bits per heavy atom. The zero-order valence-corrected chi connectivity index (χ0v) is 10.9. The molecule has 1 aromatic rings. The zero-order valence-electron chi connectivity index (χ0n) is 10.9. The molecule has 0 unspecified atom stereocenters. The lowest BCUT2D eigenvalue weighted by Gasteiger charge is -2.33. The number of hydrogen-bond donors (Lipinski definition) is 2. The third kappa shape index (κ3) is 2.72. The van der Waals surface area contributed by atoms with Gasteiger partial charge in [0.25, 0.3) is 0 Å². The van der Waals surface area contributed by atoms with Crippen molar-refractivity contribution in [3.8, 4) is 0 Å². The predicted octanol–water partition coefficient (Wildman–Crippen LogP) is 1.08. The molecule has 2 heterocycles. The maximum Gasteiger partial charge on any atom is 0.217 e. The van der Waals surface area contributed by atoms with Gasteiger partial charge in [-0.2, -0.15) is 0 Å². The van der Waals surface area contributed by atoms with Crippen molar-refractivity contribution in [2.45, 2.75) is 32.7 Å². The van der Waals surface area contributed by atoms with E-state index in [9.17, 15) is 4.79 Å². The average Bonchev–Trinajstić information content (AvgIpc) is 2.33. The van der Waals surface area contributed by atoms with E-state index in [2.05, 4.69) is 15.2 Å². The SMILES string of the molecule is CC(=O)NC1CCN(c2nccc(C)c2N)CC1. The van der Waals surface area contributed by atoms with Crippen molar-refractivity contribution in [1.82, 2.24) is 10.3 Å². The standard InChI is InChI=1S/C13H20N4O/c1-9-3-6-15-13(12(9)14)17-7-4-11(5-8-17)16-10(2)18/h3,6,11H,4-5,7-8,14H2,1-2H3,(H,16,18). The molecule has 1 aliphatic rings. The summed E-state index contributed by atoms with van der Waals surface area (Å²) >= 11 is 0. The van der Waals surface area contributed by atoms with E-state index in [1.165, 1.54) is 0 Å². The van der Waals surface area contributed by atoms with E-state index in [1.54, 1.807) is 13.1 Å². The first kappa shape index (κ1) is 12.7. The summed E-state index contributed by atoms with van der Waals surface area (Å²) in [6.07, 6.45) is 3.67. The number of hydrogen-bond acceptors (Lipinski definition) is 4. The average molecular weight is 248 g/mol. The van der Waals surface area contributed by atoms with E-state index >= 15 is 0 Å². The monoisotopic (exact) mass is 248 g/mol. The summed E-state index contributed by atoms with van der Waals surface area (Å²) in [6.45, 7) is 5.31. The quantitative estimate of drug-likeness (QED) is 0.821. The summed E-state index contributed by atoms with van der Waals surface area (Å²) in [5.41, 5.74) is 7.87. The highest BCUT2D eigenvalue weighted by Crippen LogP contribution is 2.25. The van der Waals surface area contributed by atoms with Crippen molar-refractivity contribution in [1.29, 1.82) is 0 Å². The van der Waals surface area contributed by atoms with Gasteiger partial charge in [-0.1, -0.05) is 0 Å². The minimum atomic E-state index is 0.0432. The molecular formula is C13H20N4O. The Kier molecular flexibility index (Phi) is 3.69. The highest BCUT2D eigenvalue weighted by molar-refractivity contribution is 5.73. The first-order chi connectivity index (χ1) is 8.58. The van der Waals surface area contributed by atoms with Crippen molar-refractivity contribution in [3.63, 3.8) is 0 Å². The molecule has 2 rings (SSSR count). The molecule has 1 amide bonds. The van der Waals surface area contributed by atoms with Gasteiger partial charge in [-0.3, -0.25) is 4.79 Å². The maximum absolute atomic E-state index is 11.0. The van der Waals surface area contributed by atoms with E-state index in [0.717, 1.165) is 43.0 Å². The van der Waals surface area contributed by atoms with Crippen LogP contribution in [0.2, 0.25) is 0 Å². The number of anilines is 2. The Bertz CT molecular complexity index is 439. The molecule has 1 fully saturated rings. The first-order valence-corrected chi connectivity index (χ1v) is 6.31. The predicted molar refractivity (Wildman–Crippen MR) is 72.4 cm³/mol. The second-order valence-corrected chi connectivity index (χ2v) is 4.83. The molecule has 18 heavy (non-hydrogen) atoms. The molecule has 0 saturated carbocycles.